The molecule has 158 valence electrons. The number of carbonyl (C=O) groups excluding carboxylic acids is 2. The number of hydrogen-bond acceptors (Lipinski definition) is 5. The van der Waals surface area contributed by atoms with Crippen molar-refractivity contribution in [3.05, 3.63) is 63.3 Å². The third-order valence-electron chi connectivity index (χ3n) is 4.64. The number of nitrogens with zero attached hydrogens (tertiary/aromatic N) is 1. The predicted octanol–water partition coefficient (Wildman–Crippen LogP) is 5.90. The minimum atomic E-state index is -0.563. The van der Waals surface area contributed by atoms with E-state index >= 15 is 0 Å². The van der Waals surface area contributed by atoms with Gasteiger partial charge in [-0.2, -0.15) is 0 Å². The molecule has 1 unspecified atom stereocenters. The molecule has 8 heteroatoms. The molecule has 1 aliphatic rings. The van der Waals surface area contributed by atoms with Crippen molar-refractivity contribution in [2.75, 3.05) is 7.11 Å². The van der Waals surface area contributed by atoms with E-state index in [1.807, 2.05) is 13.8 Å². The number of thioether (sulfide) groups is 1. The summed E-state index contributed by atoms with van der Waals surface area (Å²) in [6, 6.07) is 9.51. The van der Waals surface area contributed by atoms with Gasteiger partial charge in [0.2, 0.25) is 0 Å². The molecule has 0 spiro atoms. The van der Waals surface area contributed by atoms with Gasteiger partial charge in [0.15, 0.2) is 11.5 Å². The van der Waals surface area contributed by atoms with Crippen molar-refractivity contribution in [2.24, 2.45) is 0 Å². The summed E-state index contributed by atoms with van der Waals surface area (Å²) in [5.41, 5.74) is 0.786. The summed E-state index contributed by atoms with van der Waals surface area (Å²) in [5.74, 6) is 0.0723. The minimum absolute atomic E-state index is 0.0338. The first-order chi connectivity index (χ1) is 14.3. The lowest BCUT2D eigenvalue weighted by atomic mass is 10.1. The molecule has 2 aromatic carbocycles. The Labute approximate surface area is 183 Å². The number of benzene rings is 2. The van der Waals surface area contributed by atoms with Crippen molar-refractivity contribution in [3.8, 4) is 11.5 Å². The van der Waals surface area contributed by atoms with Crippen LogP contribution in [0.25, 0.3) is 6.08 Å². The summed E-state index contributed by atoms with van der Waals surface area (Å²) in [6.07, 6.45) is 2.49. The lowest BCUT2D eigenvalue weighted by Crippen LogP contribution is -2.28. The van der Waals surface area contributed by atoms with Crippen LogP contribution >= 0.6 is 23.4 Å². The van der Waals surface area contributed by atoms with Gasteiger partial charge in [-0.25, -0.2) is 4.39 Å². The Bertz CT molecular complexity index is 990. The van der Waals surface area contributed by atoms with Gasteiger partial charge in [-0.3, -0.25) is 14.5 Å². The highest BCUT2D eigenvalue weighted by Crippen LogP contribution is 2.36. The van der Waals surface area contributed by atoms with Crippen LogP contribution in [0.2, 0.25) is 5.02 Å². The molecule has 1 aliphatic heterocycles. The van der Waals surface area contributed by atoms with Crippen molar-refractivity contribution in [1.82, 2.24) is 4.90 Å². The van der Waals surface area contributed by atoms with E-state index in [-0.39, 0.29) is 28.1 Å². The third kappa shape index (κ3) is 4.79. The monoisotopic (exact) mass is 449 g/mol. The highest BCUT2D eigenvalue weighted by atomic mass is 35.5. The molecule has 0 aliphatic carbocycles. The van der Waals surface area contributed by atoms with E-state index in [1.54, 1.807) is 24.3 Å². The van der Waals surface area contributed by atoms with Gasteiger partial charge in [-0.1, -0.05) is 30.7 Å². The van der Waals surface area contributed by atoms with Crippen LogP contribution in [0.15, 0.2) is 41.3 Å². The standard InChI is InChI=1S/C22H21ClFNO4S/c1-4-13(2)29-18-9-8-14(10-19(18)28-3)11-20-21(26)25(22(27)30-20)12-15-16(23)6-5-7-17(15)24/h5-11,13H,4,12H2,1-3H3/b20-11-. The fourth-order valence-corrected chi connectivity index (χ4v) is 3.86. The smallest absolute Gasteiger partial charge is 0.293 e. The van der Waals surface area contributed by atoms with Crippen LogP contribution in [0.5, 0.6) is 11.5 Å². The fourth-order valence-electron chi connectivity index (χ4n) is 2.80. The largest absolute Gasteiger partial charge is 0.493 e. The molecular weight excluding hydrogens is 429 g/mol. The molecule has 5 nitrogen and oxygen atoms in total. The van der Waals surface area contributed by atoms with Crippen LogP contribution in [-0.2, 0) is 11.3 Å². The number of rotatable bonds is 7. The molecule has 0 N–H and O–H groups in total. The number of ether oxygens (including phenoxy) is 2. The zero-order valence-electron chi connectivity index (χ0n) is 16.8. The number of hydrogen-bond donors (Lipinski definition) is 0. The van der Waals surface area contributed by atoms with Crippen LogP contribution < -0.4 is 9.47 Å². The quantitative estimate of drug-likeness (QED) is 0.492. The van der Waals surface area contributed by atoms with Crippen LogP contribution in [0, 0.1) is 5.82 Å². The van der Waals surface area contributed by atoms with E-state index in [1.165, 1.54) is 25.3 Å². The van der Waals surface area contributed by atoms with Crippen LogP contribution in [0.4, 0.5) is 9.18 Å². The van der Waals surface area contributed by atoms with Gasteiger partial charge in [0.1, 0.15) is 5.82 Å². The van der Waals surface area contributed by atoms with E-state index in [0.717, 1.165) is 23.1 Å². The summed E-state index contributed by atoms with van der Waals surface area (Å²) in [4.78, 5) is 26.3. The van der Waals surface area contributed by atoms with Crippen LogP contribution in [0.3, 0.4) is 0 Å². The van der Waals surface area contributed by atoms with Gasteiger partial charge >= 0.3 is 0 Å². The number of amides is 2. The predicted molar refractivity (Wildman–Crippen MR) is 116 cm³/mol. The molecule has 0 aromatic heterocycles. The molecule has 2 amide bonds. The number of imide groups is 1. The second-order valence-corrected chi connectivity index (χ2v) is 8.12. The van der Waals surface area contributed by atoms with Gasteiger partial charge in [-0.15, -0.1) is 0 Å². The first kappa shape index (κ1) is 22.2. The van der Waals surface area contributed by atoms with Crippen molar-refractivity contribution < 1.29 is 23.5 Å². The van der Waals surface area contributed by atoms with Crippen molar-refractivity contribution in [2.45, 2.75) is 32.9 Å². The van der Waals surface area contributed by atoms with Crippen molar-refractivity contribution in [1.29, 1.82) is 0 Å². The molecule has 0 radical (unpaired) electrons. The Kier molecular flexibility index (Phi) is 7.05. The van der Waals surface area contributed by atoms with E-state index in [9.17, 15) is 14.0 Å². The molecular formula is C22H21ClFNO4S. The highest BCUT2D eigenvalue weighted by molar-refractivity contribution is 8.18. The number of halogens is 2. The summed E-state index contributed by atoms with van der Waals surface area (Å²) in [5, 5.41) is -0.311. The molecule has 2 aromatic rings. The summed E-state index contributed by atoms with van der Waals surface area (Å²) in [6.45, 7) is 3.76. The second kappa shape index (κ2) is 9.53. The average Bonchev–Trinajstić information content (AvgIpc) is 2.98. The van der Waals surface area contributed by atoms with E-state index in [2.05, 4.69) is 0 Å². The minimum Gasteiger partial charge on any atom is -0.493 e. The lowest BCUT2D eigenvalue weighted by molar-refractivity contribution is -0.123. The van der Waals surface area contributed by atoms with E-state index in [0.29, 0.717) is 17.1 Å². The Hall–Kier alpha value is -2.51. The second-order valence-electron chi connectivity index (χ2n) is 6.72. The van der Waals surface area contributed by atoms with Gasteiger partial charge in [0.25, 0.3) is 11.1 Å². The van der Waals surface area contributed by atoms with Crippen molar-refractivity contribution >= 4 is 40.6 Å². The van der Waals surface area contributed by atoms with E-state index in [4.69, 9.17) is 21.1 Å². The average molecular weight is 450 g/mol. The number of methoxy groups -OCH3 is 1. The zero-order valence-corrected chi connectivity index (χ0v) is 18.3. The van der Waals surface area contributed by atoms with Gasteiger partial charge in [-0.05, 0) is 61.0 Å². The first-order valence-corrected chi connectivity index (χ1v) is 10.6. The van der Waals surface area contributed by atoms with Crippen LogP contribution in [-0.4, -0.2) is 29.3 Å². The van der Waals surface area contributed by atoms with Crippen LogP contribution in [0.1, 0.15) is 31.4 Å². The van der Waals surface area contributed by atoms with Gasteiger partial charge < -0.3 is 9.47 Å². The maximum atomic E-state index is 14.1. The Balaban J connectivity index is 1.83. The van der Waals surface area contributed by atoms with E-state index < -0.39 is 17.0 Å². The van der Waals surface area contributed by atoms with Gasteiger partial charge in [0.05, 0.1) is 24.7 Å². The zero-order chi connectivity index (χ0) is 21.8. The maximum absolute atomic E-state index is 14.1. The molecule has 0 bridgehead atoms. The molecule has 1 fully saturated rings. The summed E-state index contributed by atoms with van der Waals surface area (Å²) < 4.78 is 25.3. The Morgan fingerprint density at radius 3 is 2.67 bits per heavy atom. The first-order valence-electron chi connectivity index (χ1n) is 9.37. The topological polar surface area (TPSA) is 55.8 Å². The summed E-state index contributed by atoms with van der Waals surface area (Å²) >= 11 is 6.83. The summed E-state index contributed by atoms with van der Waals surface area (Å²) in [7, 11) is 1.54. The SMILES string of the molecule is CCC(C)Oc1ccc(/C=C2\SC(=O)N(Cc3c(F)cccc3Cl)C2=O)cc1OC. The molecule has 30 heavy (non-hydrogen) atoms. The van der Waals surface area contributed by atoms with Crippen molar-refractivity contribution in [3.63, 3.8) is 0 Å². The Morgan fingerprint density at radius 2 is 2.00 bits per heavy atom. The normalized spacial score (nSPS) is 16.3. The fraction of sp³-hybridized carbons (Fsp3) is 0.273. The van der Waals surface area contributed by atoms with Gasteiger partial charge in [0, 0.05) is 10.6 Å². The maximum Gasteiger partial charge on any atom is 0.293 e. The molecule has 1 saturated heterocycles. The molecule has 0 saturated carbocycles. The molecule has 1 atom stereocenters. The Morgan fingerprint density at radius 1 is 1.23 bits per heavy atom. The number of carbonyl (C=O) groups is 2. The highest BCUT2D eigenvalue weighted by Gasteiger charge is 2.36. The third-order valence-corrected chi connectivity index (χ3v) is 5.90. The lowest BCUT2D eigenvalue weighted by Gasteiger charge is -2.16. The molecule has 1 heterocycles. The molecule has 3 rings (SSSR count).